The Morgan fingerprint density at radius 3 is 2.60 bits per heavy atom. The Kier molecular flexibility index (Phi) is 3.67. The summed E-state index contributed by atoms with van der Waals surface area (Å²) in [4.78, 5) is 4.29. The highest BCUT2D eigenvalue weighted by atomic mass is 35.5. The van der Waals surface area contributed by atoms with Crippen LogP contribution in [0.2, 0.25) is 5.02 Å². The number of halogens is 1. The third-order valence-corrected chi connectivity index (χ3v) is 5.86. The molecular formula is C14H15ClN2O2S. The van der Waals surface area contributed by atoms with Gasteiger partial charge in [0, 0.05) is 36.3 Å². The molecule has 2 aromatic rings. The highest BCUT2D eigenvalue weighted by molar-refractivity contribution is 7.89. The summed E-state index contributed by atoms with van der Waals surface area (Å²) in [5.41, 5.74) is 0. The van der Waals surface area contributed by atoms with E-state index in [1.54, 1.807) is 22.6 Å². The Hall–Kier alpha value is -1.17. The quantitative estimate of drug-likeness (QED) is 0.856. The summed E-state index contributed by atoms with van der Waals surface area (Å²) in [7, 11) is -3.49. The van der Waals surface area contributed by atoms with Gasteiger partial charge in [0.2, 0.25) is 10.0 Å². The van der Waals surface area contributed by atoms with E-state index in [1.165, 1.54) is 6.20 Å². The molecule has 2 heterocycles. The summed E-state index contributed by atoms with van der Waals surface area (Å²) in [5, 5.41) is 1.68. The summed E-state index contributed by atoms with van der Waals surface area (Å²) >= 11 is 6.16. The van der Waals surface area contributed by atoms with Gasteiger partial charge in [-0.05, 0) is 18.9 Å². The van der Waals surface area contributed by atoms with E-state index in [4.69, 9.17) is 11.6 Å². The zero-order valence-corrected chi connectivity index (χ0v) is 12.5. The van der Waals surface area contributed by atoms with Crippen LogP contribution in [0.4, 0.5) is 0 Å². The molecule has 0 saturated carbocycles. The third kappa shape index (κ3) is 2.30. The largest absolute Gasteiger partial charge is 0.263 e. The molecule has 4 nitrogen and oxygen atoms in total. The van der Waals surface area contributed by atoms with Crippen LogP contribution in [0.25, 0.3) is 10.8 Å². The molecule has 1 aromatic carbocycles. The first-order chi connectivity index (χ1) is 9.60. The lowest BCUT2D eigenvalue weighted by atomic mass is 10.2. The number of pyridine rings is 1. The van der Waals surface area contributed by atoms with Crippen molar-refractivity contribution >= 4 is 32.4 Å². The average molecular weight is 311 g/mol. The van der Waals surface area contributed by atoms with Crippen LogP contribution in [0.3, 0.4) is 0 Å². The lowest BCUT2D eigenvalue weighted by Crippen LogP contribution is -2.35. The van der Waals surface area contributed by atoms with Crippen molar-refractivity contribution in [1.29, 1.82) is 0 Å². The molecule has 106 valence electrons. The van der Waals surface area contributed by atoms with Gasteiger partial charge in [0.1, 0.15) is 0 Å². The maximum Gasteiger partial charge on any atom is 0.243 e. The molecule has 20 heavy (non-hydrogen) atoms. The molecule has 1 aliphatic heterocycles. The number of benzene rings is 1. The van der Waals surface area contributed by atoms with Gasteiger partial charge in [-0.25, -0.2) is 8.42 Å². The molecular weight excluding hydrogens is 296 g/mol. The summed E-state index contributed by atoms with van der Waals surface area (Å²) in [6, 6.07) is 5.18. The number of sulfonamides is 1. The Balaban J connectivity index is 2.18. The van der Waals surface area contributed by atoms with E-state index in [1.807, 2.05) is 6.07 Å². The molecule has 0 bridgehead atoms. The van der Waals surface area contributed by atoms with Gasteiger partial charge in [-0.3, -0.25) is 4.98 Å². The van der Waals surface area contributed by atoms with Crippen LogP contribution in [-0.4, -0.2) is 30.8 Å². The smallest absolute Gasteiger partial charge is 0.243 e. The van der Waals surface area contributed by atoms with Gasteiger partial charge in [-0.1, -0.05) is 30.2 Å². The van der Waals surface area contributed by atoms with E-state index >= 15 is 0 Å². The molecule has 0 radical (unpaired) electrons. The van der Waals surface area contributed by atoms with Crippen molar-refractivity contribution in [2.24, 2.45) is 0 Å². The molecule has 0 N–H and O–H groups in total. The van der Waals surface area contributed by atoms with Gasteiger partial charge < -0.3 is 0 Å². The summed E-state index contributed by atoms with van der Waals surface area (Å²) in [6.45, 7) is 1.17. The van der Waals surface area contributed by atoms with Gasteiger partial charge in [0.25, 0.3) is 0 Å². The highest BCUT2D eigenvalue weighted by Crippen LogP contribution is 2.31. The maximum absolute atomic E-state index is 12.8. The molecule has 1 fully saturated rings. The minimum absolute atomic E-state index is 0.282. The van der Waals surface area contributed by atoms with Crippen LogP contribution >= 0.6 is 11.6 Å². The fourth-order valence-corrected chi connectivity index (χ4v) is 4.69. The summed E-state index contributed by atoms with van der Waals surface area (Å²) in [6.07, 6.45) is 6.04. The lowest BCUT2D eigenvalue weighted by Gasteiger charge is -2.26. The molecule has 1 aliphatic rings. The van der Waals surface area contributed by atoms with Crippen LogP contribution in [0.1, 0.15) is 19.3 Å². The zero-order chi connectivity index (χ0) is 14.2. The minimum atomic E-state index is -3.49. The fraction of sp³-hybridized carbons (Fsp3) is 0.357. The molecule has 6 heteroatoms. The number of fused-ring (bicyclic) bond motifs is 1. The van der Waals surface area contributed by atoms with E-state index in [2.05, 4.69) is 4.98 Å². The van der Waals surface area contributed by atoms with Gasteiger partial charge in [0.15, 0.2) is 0 Å². The van der Waals surface area contributed by atoms with E-state index in [0.717, 1.165) is 24.6 Å². The predicted molar refractivity (Wildman–Crippen MR) is 79.4 cm³/mol. The normalized spacial score (nSPS) is 17.4. The van der Waals surface area contributed by atoms with Crippen molar-refractivity contribution in [2.75, 3.05) is 13.1 Å². The first-order valence-corrected chi connectivity index (χ1v) is 8.45. The second kappa shape index (κ2) is 5.31. The predicted octanol–water partition coefficient (Wildman–Crippen LogP) is 3.06. The van der Waals surface area contributed by atoms with E-state index < -0.39 is 10.0 Å². The fourth-order valence-electron chi connectivity index (χ4n) is 2.62. The first-order valence-electron chi connectivity index (χ1n) is 6.63. The number of hydrogen-bond acceptors (Lipinski definition) is 3. The van der Waals surface area contributed by atoms with Crippen LogP contribution < -0.4 is 0 Å². The van der Waals surface area contributed by atoms with Gasteiger partial charge in [0.05, 0.1) is 9.92 Å². The van der Waals surface area contributed by atoms with Crippen molar-refractivity contribution in [3.8, 4) is 0 Å². The summed E-state index contributed by atoms with van der Waals surface area (Å²) < 4.78 is 27.2. The number of piperidine rings is 1. The van der Waals surface area contributed by atoms with Crippen molar-refractivity contribution in [1.82, 2.24) is 9.29 Å². The second-order valence-corrected chi connectivity index (χ2v) is 7.25. The summed E-state index contributed by atoms with van der Waals surface area (Å²) in [5.74, 6) is 0. The van der Waals surface area contributed by atoms with Crippen LogP contribution in [0.5, 0.6) is 0 Å². The van der Waals surface area contributed by atoms with Gasteiger partial charge in [-0.15, -0.1) is 0 Å². The minimum Gasteiger partial charge on any atom is -0.263 e. The standard InChI is InChI=1S/C14H15ClN2O2S/c15-12-10-16-9-11-5-4-6-13(14(11)12)20(18,19)17-7-2-1-3-8-17/h4-6,9-10H,1-3,7-8H2. The van der Waals surface area contributed by atoms with Gasteiger partial charge >= 0.3 is 0 Å². The lowest BCUT2D eigenvalue weighted by molar-refractivity contribution is 0.347. The molecule has 0 amide bonds. The third-order valence-electron chi connectivity index (χ3n) is 3.63. The molecule has 1 aromatic heterocycles. The zero-order valence-electron chi connectivity index (χ0n) is 10.9. The molecule has 0 spiro atoms. The van der Waals surface area contributed by atoms with Crippen LogP contribution in [0, 0.1) is 0 Å². The van der Waals surface area contributed by atoms with Crippen molar-refractivity contribution < 1.29 is 8.42 Å². The van der Waals surface area contributed by atoms with E-state index in [0.29, 0.717) is 23.5 Å². The molecule has 0 unspecified atom stereocenters. The Labute approximate surface area is 123 Å². The first kappa shape index (κ1) is 13.8. The monoisotopic (exact) mass is 310 g/mol. The van der Waals surface area contributed by atoms with E-state index in [9.17, 15) is 8.42 Å². The Morgan fingerprint density at radius 1 is 1.10 bits per heavy atom. The highest BCUT2D eigenvalue weighted by Gasteiger charge is 2.28. The maximum atomic E-state index is 12.8. The molecule has 0 atom stereocenters. The topological polar surface area (TPSA) is 50.3 Å². The van der Waals surface area contributed by atoms with Crippen molar-refractivity contribution in [3.05, 3.63) is 35.6 Å². The Bertz CT molecular complexity index is 735. The molecule has 1 saturated heterocycles. The number of aromatic nitrogens is 1. The Morgan fingerprint density at radius 2 is 1.85 bits per heavy atom. The van der Waals surface area contributed by atoms with Crippen LogP contribution in [-0.2, 0) is 10.0 Å². The molecule has 0 aliphatic carbocycles. The van der Waals surface area contributed by atoms with E-state index in [-0.39, 0.29) is 4.90 Å². The van der Waals surface area contributed by atoms with Gasteiger partial charge in [-0.2, -0.15) is 4.31 Å². The van der Waals surface area contributed by atoms with Crippen molar-refractivity contribution in [3.63, 3.8) is 0 Å². The number of hydrogen-bond donors (Lipinski definition) is 0. The van der Waals surface area contributed by atoms with Crippen LogP contribution in [0.15, 0.2) is 35.5 Å². The number of rotatable bonds is 2. The molecule has 3 rings (SSSR count). The second-order valence-electron chi connectivity index (χ2n) is 4.94. The average Bonchev–Trinajstić information content (AvgIpc) is 2.48. The van der Waals surface area contributed by atoms with Crippen molar-refractivity contribution in [2.45, 2.75) is 24.2 Å². The SMILES string of the molecule is O=S(=O)(c1cccc2cncc(Cl)c12)N1CCCCC1. The number of nitrogens with zero attached hydrogens (tertiary/aromatic N) is 2.